The van der Waals surface area contributed by atoms with Gasteiger partial charge in [0, 0.05) is 39.8 Å². The third-order valence-corrected chi connectivity index (χ3v) is 4.81. The number of ether oxygens (including phenoxy) is 1. The van der Waals surface area contributed by atoms with Gasteiger partial charge < -0.3 is 25.0 Å². The Morgan fingerprint density at radius 2 is 1.86 bits per heavy atom. The van der Waals surface area contributed by atoms with Gasteiger partial charge in [0.1, 0.15) is 11.5 Å². The maximum Gasteiger partial charge on any atom is 0.194 e. The third kappa shape index (κ3) is 5.43. The van der Waals surface area contributed by atoms with Crippen molar-refractivity contribution in [2.45, 2.75) is 13.5 Å². The number of hydrogen-bond donors (Lipinski definition) is 2. The van der Waals surface area contributed by atoms with E-state index in [9.17, 15) is 5.11 Å². The van der Waals surface area contributed by atoms with Crippen molar-refractivity contribution in [2.75, 3.05) is 45.2 Å². The van der Waals surface area contributed by atoms with Crippen LogP contribution in [0, 0.1) is 6.92 Å². The highest BCUT2D eigenvalue weighted by Gasteiger charge is 2.21. The van der Waals surface area contributed by atoms with E-state index in [1.165, 1.54) is 11.1 Å². The molecule has 0 amide bonds. The van der Waals surface area contributed by atoms with Crippen LogP contribution in [0.15, 0.2) is 47.5 Å². The minimum atomic E-state index is 0. The lowest BCUT2D eigenvalue weighted by Gasteiger charge is -2.37. The Morgan fingerprint density at radius 1 is 1.14 bits per heavy atom. The van der Waals surface area contributed by atoms with Crippen LogP contribution in [0.1, 0.15) is 11.1 Å². The van der Waals surface area contributed by atoms with Gasteiger partial charge >= 0.3 is 0 Å². The number of rotatable bonds is 4. The van der Waals surface area contributed by atoms with Crippen molar-refractivity contribution in [3.05, 3.63) is 53.6 Å². The number of aliphatic imine (C=N–C) groups is 1. The lowest BCUT2D eigenvalue weighted by atomic mass is 10.1. The van der Waals surface area contributed by atoms with E-state index >= 15 is 0 Å². The number of hydrogen-bond acceptors (Lipinski definition) is 4. The first kappa shape index (κ1) is 22.1. The predicted octanol–water partition coefficient (Wildman–Crippen LogP) is 3.22. The highest BCUT2D eigenvalue weighted by Crippen LogP contribution is 2.27. The first-order chi connectivity index (χ1) is 13.1. The molecule has 2 N–H and O–H groups in total. The van der Waals surface area contributed by atoms with Gasteiger partial charge in [-0.05, 0) is 42.3 Å². The van der Waals surface area contributed by atoms with Crippen LogP contribution >= 0.6 is 24.0 Å². The molecule has 1 aliphatic rings. The molecule has 0 spiro atoms. The van der Waals surface area contributed by atoms with Gasteiger partial charge in [0.15, 0.2) is 5.96 Å². The van der Waals surface area contributed by atoms with Crippen molar-refractivity contribution in [1.29, 1.82) is 0 Å². The van der Waals surface area contributed by atoms with Crippen LogP contribution in [0.4, 0.5) is 5.69 Å². The van der Waals surface area contributed by atoms with Crippen LogP contribution in [0.5, 0.6) is 11.5 Å². The van der Waals surface area contributed by atoms with E-state index in [4.69, 9.17) is 4.74 Å². The van der Waals surface area contributed by atoms with Crippen LogP contribution in [-0.2, 0) is 6.54 Å². The number of aryl methyl sites for hydroxylation is 1. The van der Waals surface area contributed by atoms with Crippen molar-refractivity contribution in [1.82, 2.24) is 10.2 Å². The van der Waals surface area contributed by atoms with E-state index in [1.807, 2.05) is 37.4 Å². The average Bonchev–Trinajstić information content (AvgIpc) is 2.69. The minimum Gasteiger partial charge on any atom is -0.506 e. The van der Waals surface area contributed by atoms with Gasteiger partial charge in [-0.2, -0.15) is 0 Å². The zero-order valence-electron chi connectivity index (χ0n) is 16.7. The molecule has 1 saturated heterocycles. The summed E-state index contributed by atoms with van der Waals surface area (Å²) in [5.41, 5.74) is 3.24. The molecule has 28 heavy (non-hydrogen) atoms. The van der Waals surface area contributed by atoms with Crippen molar-refractivity contribution >= 4 is 35.6 Å². The molecule has 2 aromatic carbocycles. The summed E-state index contributed by atoms with van der Waals surface area (Å²) in [5, 5.41) is 13.5. The van der Waals surface area contributed by atoms with Crippen molar-refractivity contribution in [2.24, 2.45) is 4.99 Å². The predicted molar refractivity (Wildman–Crippen MR) is 125 cm³/mol. The Bertz CT molecular complexity index is 805. The van der Waals surface area contributed by atoms with E-state index in [2.05, 4.69) is 33.1 Å². The molecule has 0 bridgehead atoms. The van der Waals surface area contributed by atoms with Crippen molar-refractivity contribution < 1.29 is 9.84 Å². The Kier molecular flexibility index (Phi) is 8.22. The monoisotopic (exact) mass is 496 g/mol. The highest BCUT2D eigenvalue weighted by molar-refractivity contribution is 14.0. The topological polar surface area (TPSA) is 60.3 Å². The Hall–Kier alpha value is -2.16. The molecule has 0 aliphatic carbocycles. The number of anilines is 1. The fourth-order valence-corrected chi connectivity index (χ4v) is 3.45. The van der Waals surface area contributed by atoms with Crippen LogP contribution in [0.3, 0.4) is 0 Å². The Morgan fingerprint density at radius 3 is 2.50 bits per heavy atom. The number of nitrogens with one attached hydrogen (secondary N) is 1. The Labute approximate surface area is 184 Å². The summed E-state index contributed by atoms with van der Waals surface area (Å²) in [5.74, 6) is 2.10. The minimum absolute atomic E-state index is 0. The maximum absolute atomic E-state index is 10.1. The van der Waals surface area contributed by atoms with Gasteiger partial charge in [-0.15, -0.1) is 24.0 Å². The second-order valence-electron chi connectivity index (χ2n) is 6.72. The smallest absolute Gasteiger partial charge is 0.194 e. The van der Waals surface area contributed by atoms with Crippen molar-refractivity contribution in [3.63, 3.8) is 0 Å². The number of phenols is 1. The molecule has 2 aromatic rings. The zero-order valence-corrected chi connectivity index (χ0v) is 19.0. The number of para-hydroxylation sites is 2. The number of piperazine rings is 1. The second kappa shape index (κ2) is 10.4. The lowest BCUT2D eigenvalue weighted by molar-refractivity contribution is 0.369. The number of benzene rings is 2. The van der Waals surface area contributed by atoms with Crippen LogP contribution in [-0.4, -0.2) is 56.3 Å². The molecular formula is C21H29IN4O2. The summed E-state index contributed by atoms with van der Waals surface area (Å²) in [6.07, 6.45) is 0. The Balaban J connectivity index is 0.00000280. The summed E-state index contributed by atoms with van der Waals surface area (Å²) >= 11 is 0. The molecule has 0 unspecified atom stereocenters. The molecule has 1 aliphatic heterocycles. The molecule has 3 rings (SSSR count). The molecule has 0 saturated carbocycles. The van der Waals surface area contributed by atoms with Gasteiger partial charge in [0.2, 0.25) is 0 Å². The first-order valence-electron chi connectivity index (χ1n) is 9.24. The summed E-state index contributed by atoms with van der Waals surface area (Å²) in [7, 11) is 3.50. The SMILES string of the molecule is CN=C(NCc1cc(C)cc(OC)c1)N1CCN(c2ccccc2O)CC1.I. The van der Waals surface area contributed by atoms with Crippen LogP contribution in [0.25, 0.3) is 0 Å². The number of guanidine groups is 1. The molecule has 6 nitrogen and oxygen atoms in total. The number of aromatic hydroxyl groups is 1. The summed E-state index contributed by atoms with van der Waals surface area (Å²) in [6.45, 7) is 6.16. The summed E-state index contributed by atoms with van der Waals surface area (Å²) in [6, 6.07) is 13.7. The van der Waals surface area contributed by atoms with Gasteiger partial charge in [-0.3, -0.25) is 4.99 Å². The molecule has 1 fully saturated rings. The second-order valence-corrected chi connectivity index (χ2v) is 6.72. The van der Waals surface area contributed by atoms with E-state index in [-0.39, 0.29) is 24.0 Å². The lowest BCUT2D eigenvalue weighted by Crippen LogP contribution is -2.52. The highest BCUT2D eigenvalue weighted by atomic mass is 127. The van der Waals surface area contributed by atoms with Gasteiger partial charge in [0.05, 0.1) is 12.8 Å². The molecule has 0 radical (unpaired) electrons. The third-order valence-electron chi connectivity index (χ3n) is 4.81. The van der Waals surface area contributed by atoms with Gasteiger partial charge in [0.25, 0.3) is 0 Å². The van der Waals surface area contributed by atoms with E-state index in [0.29, 0.717) is 12.3 Å². The molecule has 1 heterocycles. The van der Waals surface area contributed by atoms with E-state index in [0.717, 1.165) is 43.6 Å². The van der Waals surface area contributed by atoms with E-state index in [1.54, 1.807) is 13.2 Å². The fraction of sp³-hybridized carbons (Fsp3) is 0.381. The summed E-state index contributed by atoms with van der Waals surface area (Å²) in [4.78, 5) is 8.91. The zero-order chi connectivity index (χ0) is 19.2. The molecule has 0 aromatic heterocycles. The van der Waals surface area contributed by atoms with Crippen LogP contribution < -0.4 is 15.0 Å². The quantitative estimate of drug-likeness (QED) is 0.387. The normalized spacial score (nSPS) is 14.5. The number of nitrogens with zero attached hydrogens (tertiary/aromatic N) is 3. The van der Waals surface area contributed by atoms with Crippen LogP contribution in [0.2, 0.25) is 0 Å². The number of phenolic OH excluding ortho intramolecular Hbond substituents is 1. The standard InChI is InChI=1S/C21H28N4O2.HI/c1-16-12-17(14-18(13-16)27-3)15-23-21(22-2)25-10-8-24(9-11-25)19-6-4-5-7-20(19)26;/h4-7,12-14,26H,8-11,15H2,1-3H3,(H,22,23);1H. The van der Waals surface area contributed by atoms with Crippen molar-refractivity contribution in [3.8, 4) is 11.5 Å². The van der Waals surface area contributed by atoms with E-state index < -0.39 is 0 Å². The largest absolute Gasteiger partial charge is 0.506 e. The molecule has 0 atom stereocenters. The average molecular weight is 496 g/mol. The van der Waals surface area contributed by atoms with Gasteiger partial charge in [-0.25, -0.2) is 0 Å². The molecule has 152 valence electrons. The fourth-order valence-electron chi connectivity index (χ4n) is 3.45. The molecular weight excluding hydrogens is 467 g/mol. The molecule has 7 heteroatoms. The van der Waals surface area contributed by atoms with Gasteiger partial charge in [-0.1, -0.05) is 18.2 Å². The summed E-state index contributed by atoms with van der Waals surface area (Å²) < 4.78 is 5.35. The number of methoxy groups -OCH3 is 1. The first-order valence-corrected chi connectivity index (χ1v) is 9.24. The number of halogens is 1. The maximum atomic E-state index is 10.1.